The van der Waals surface area contributed by atoms with Gasteiger partial charge in [-0.2, -0.15) is 0 Å². The molecule has 0 atom stereocenters. The summed E-state index contributed by atoms with van der Waals surface area (Å²) in [6, 6.07) is 22.3. The SMILES string of the molecule is C[CH]=[Ti]([CH2]c1ccccc1)([CH2]c1ccccc1)([C]1=CC=CC1)[C]1=CC=CC1. The fourth-order valence-electron chi connectivity index (χ4n) is 5.24. The first-order valence-corrected chi connectivity index (χ1v) is 14.7. The van der Waals surface area contributed by atoms with Crippen LogP contribution in [-0.2, 0) is 24.3 Å². The van der Waals surface area contributed by atoms with Gasteiger partial charge in [0, 0.05) is 0 Å². The van der Waals surface area contributed by atoms with Gasteiger partial charge in [-0.25, -0.2) is 0 Å². The summed E-state index contributed by atoms with van der Waals surface area (Å²) in [4.78, 5) is 0. The van der Waals surface area contributed by atoms with Crippen LogP contribution in [0.5, 0.6) is 0 Å². The first kappa shape index (κ1) is 18.4. The molecule has 0 bridgehead atoms. The summed E-state index contributed by atoms with van der Waals surface area (Å²) in [5, 5.41) is 0. The van der Waals surface area contributed by atoms with Crippen molar-refractivity contribution < 1.29 is 14.8 Å². The average molecular weight is 388 g/mol. The molecule has 27 heavy (non-hydrogen) atoms. The van der Waals surface area contributed by atoms with Crippen LogP contribution in [0, 0.1) is 0 Å². The van der Waals surface area contributed by atoms with E-state index in [0.29, 0.717) is 0 Å². The summed E-state index contributed by atoms with van der Waals surface area (Å²) in [5.41, 5.74) is 2.95. The molecule has 0 heterocycles. The molecular formula is C26H28Ti. The van der Waals surface area contributed by atoms with E-state index in [4.69, 9.17) is 0 Å². The Morgan fingerprint density at radius 3 is 1.48 bits per heavy atom. The van der Waals surface area contributed by atoms with E-state index in [-0.39, 0.29) is 0 Å². The van der Waals surface area contributed by atoms with Gasteiger partial charge in [0.1, 0.15) is 0 Å². The minimum absolute atomic E-state index is 1.11. The van der Waals surface area contributed by atoms with Crippen molar-refractivity contribution in [3.63, 3.8) is 0 Å². The van der Waals surface area contributed by atoms with Crippen LogP contribution < -0.4 is 0 Å². The van der Waals surface area contributed by atoms with Gasteiger partial charge in [0.2, 0.25) is 0 Å². The first-order chi connectivity index (χ1) is 13.3. The van der Waals surface area contributed by atoms with Crippen LogP contribution in [0.1, 0.15) is 30.9 Å². The number of hydrogen-bond donors (Lipinski definition) is 0. The fourth-order valence-corrected chi connectivity index (χ4v) is 16.5. The molecule has 0 saturated carbocycles. The number of benzene rings is 2. The Morgan fingerprint density at radius 1 is 0.704 bits per heavy atom. The summed E-state index contributed by atoms with van der Waals surface area (Å²) < 4.78 is 8.47. The van der Waals surface area contributed by atoms with E-state index in [1.807, 2.05) is 0 Å². The summed E-state index contributed by atoms with van der Waals surface area (Å²) in [6.07, 6.45) is 16.4. The molecule has 1 heteroatoms. The van der Waals surface area contributed by atoms with Crippen molar-refractivity contribution in [2.24, 2.45) is 0 Å². The topological polar surface area (TPSA) is 0 Å². The van der Waals surface area contributed by atoms with E-state index in [0.717, 1.165) is 12.8 Å². The zero-order valence-corrected chi connectivity index (χ0v) is 17.7. The maximum absolute atomic E-state index is 3.39. The quantitative estimate of drug-likeness (QED) is 0.490. The van der Waals surface area contributed by atoms with Crippen LogP contribution in [0.4, 0.5) is 0 Å². The van der Waals surface area contributed by atoms with E-state index >= 15 is 0 Å². The minimum atomic E-state index is -3.39. The molecule has 4 rings (SSSR count). The average Bonchev–Trinajstić information content (AvgIpc) is 3.44. The third-order valence-electron chi connectivity index (χ3n) is 6.74. The summed E-state index contributed by atoms with van der Waals surface area (Å²) in [6.45, 7) is 2.35. The molecule has 136 valence electrons. The van der Waals surface area contributed by atoms with E-state index in [1.165, 1.54) is 20.6 Å². The van der Waals surface area contributed by atoms with Crippen molar-refractivity contribution in [3.05, 3.63) is 116 Å². The number of rotatable bonds is 6. The van der Waals surface area contributed by atoms with E-state index in [1.54, 1.807) is 7.76 Å². The van der Waals surface area contributed by atoms with Crippen molar-refractivity contribution in [1.29, 1.82) is 0 Å². The number of allylic oxidation sites excluding steroid dienone is 8. The molecule has 0 nitrogen and oxygen atoms in total. The second-order valence-electron chi connectivity index (χ2n) is 8.04. The molecule has 0 amide bonds. The van der Waals surface area contributed by atoms with Gasteiger partial charge in [0.25, 0.3) is 0 Å². The molecule has 2 aromatic rings. The zero-order chi connectivity index (χ0) is 18.6. The van der Waals surface area contributed by atoms with Crippen molar-refractivity contribution in [2.45, 2.75) is 29.2 Å². The van der Waals surface area contributed by atoms with Gasteiger partial charge in [-0.05, 0) is 0 Å². The van der Waals surface area contributed by atoms with Gasteiger partial charge in [-0.15, -0.1) is 0 Å². The second-order valence-corrected chi connectivity index (χ2v) is 17.6. The van der Waals surface area contributed by atoms with Crippen LogP contribution in [-0.4, -0.2) is 4.31 Å². The maximum atomic E-state index is 2.69. The normalized spacial score (nSPS) is 16.4. The van der Waals surface area contributed by atoms with Gasteiger partial charge < -0.3 is 0 Å². The molecule has 2 aliphatic rings. The van der Waals surface area contributed by atoms with Crippen LogP contribution in [0.3, 0.4) is 0 Å². The molecule has 2 aliphatic carbocycles. The Hall–Kier alpha value is -2.02. The third kappa shape index (κ3) is 3.22. The molecule has 0 N–H and O–H groups in total. The predicted molar refractivity (Wildman–Crippen MR) is 116 cm³/mol. The molecule has 0 fully saturated rings. The van der Waals surface area contributed by atoms with Gasteiger partial charge in [-0.1, -0.05) is 0 Å². The molecule has 2 aromatic carbocycles. The molecule has 0 spiro atoms. The van der Waals surface area contributed by atoms with E-state index < -0.39 is 14.8 Å². The van der Waals surface area contributed by atoms with E-state index in [2.05, 4.69) is 108 Å². The Bertz CT molecular complexity index is 917. The van der Waals surface area contributed by atoms with Crippen LogP contribution >= 0.6 is 0 Å². The second kappa shape index (κ2) is 7.54. The molecule has 0 aliphatic heterocycles. The van der Waals surface area contributed by atoms with Gasteiger partial charge >= 0.3 is 164 Å². The van der Waals surface area contributed by atoms with Crippen LogP contribution in [0.2, 0.25) is 0 Å². The predicted octanol–water partition coefficient (Wildman–Crippen LogP) is 6.59. The Morgan fingerprint density at radius 2 is 1.15 bits per heavy atom. The Balaban J connectivity index is 1.96. The monoisotopic (exact) mass is 388 g/mol. The molecule has 0 aromatic heterocycles. The summed E-state index contributed by atoms with van der Waals surface area (Å²) in [5.74, 6) is 0. The van der Waals surface area contributed by atoms with Crippen molar-refractivity contribution in [1.82, 2.24) is 0 Å². The molecule has 0 unspecified atom stereocenters. The molecule has 0 radical (unpaired) electrons. The molecule has 0 saturated heterocycles. The number of hydrogen-bond acceptors (Lipinski definition) is 0. The van der Waals surface area contributed by atoms with Gasteiger partial charge in [0.05, 0.1) is 0 Å². The summed E-state index contributed by atoms with van der Waals surface area (Å²) >= 11 is -3.39. The van der Waals surface area contributed by atoms with Gasteiger partial charge in [0.15, 0.2) is 0 Å². The summed E-state index contributed by atoms with van der Waals surface area (Å²) in [7, 11) is 0. The molecular weight excluding hydrogens is 360 g/mol. The Kier molecular flexibility index (Phi) is 5.13. The third-order valence-corrected chi connectivity index (χ3v) is 18.9. The zero-order valence-electron chi connectivity index (χ0n) is 16.1. The van der Waals surface area contributed by atoms with Crippen LogP contribution in [0.15, 0.2) is 105 Å². The van der Waals surface area contributed by atoms with Crippen LogP contribution in [0.25, 0.3) is 0 Å². The van der Waals surface area contributed by atoms with E-state index in [9.17, 15) is 0 Å². The van der Waals surface area contributed by atoms with Crippen molar-refractivity contribution in [2.75, 3.05) is 0 Å². The fraction of sp³-hybridized carbons (Fsp3) is 0.192. The van der Waals surface area contributed by atoms with Gasteiger partial charge in [-0.3, -0.25) is 0 Å². The Labute approximate surface area is 164 Å². The first-order valence-electron chi connectivity index (χ1n) is 10.0. The standard InChI is InChI=1S/2C7H7.2C5H5.C2H4.Ti/c2*1-7-5-3-2-4-6-7;2*1-2-4-5-3-1;1-2;/h2*2-6H,1H2;2*1-3H,4H2;1H,2H3;. The van der Waals surface area contributed by atoms with Crippen molar-refractivity contribution >= 4 is 4.31 Å². The van der Waals surface area contributed by atoms with Crippen molar-refractivity contribution in [3.8, 4) is 0 Å².